The largest absolute Gasteiger partial charge is 0.465 e. The Labute approximate surface area is 187 Å². The van der Waals surface area contributed by atoms with Crippen LogP contribution in [0.25, 0.3) is 11.4 Å². The topological polar surface area (TPSA) is 116 Å². The van der Waals surface area contributed by atoms with Crippen molar-refractivity contribution in [2.75, 3.05) is 6.61 Å². The van der Waals surface area contributed by atoms with Crippen LogP contribution in [0, 0.1) is 17.7 Å². The second kappa shape index (κ2) is 9.21. The first-order chi connectivity index (χ1) is 15.0. The van der Waals surface area contributed by atoms with Gasteiger partial charge in [0.1, 0.15) is 11.7 Å². The third kappa shape index (κ3) is 5.51. The summed E-state index contributed by atoms with van der Waals surface area (Å²) in [5.41, 5.74) is 7.99. The van der Waals surface area contributed by atoms with Gasteiger partial charge in [0.15, 0.2) is 0 Å². The maximum absolute atomic E-state index is 13.0. The number of aryl methyl sites for hydroxylation is 2. The summed E-state index contributed by atoms with van der Waals surface area (Å²) >= 11 is 0. The van der Waals surface area contributed by atoms with E-state index in [9.17, 15) is 9.59 Å². The number of esters is 1. The van der Waals surface area contributed by atoms with Crippen LogP contribution in [0.4, 0.5) is 0 Å². The highest BCUT2D eigenvalue weighted by Crippen LogP contribution is 2.15. The van der Waals surface area contributed by atoms with Crippen molar-refractivity contribution in [2.24, 2.45) is 11.1 Å². The number of carbonyl (C=O) groups is 1. The van der Waals surface area contributed by atoms with Gasteiger partial charge in [-0.25, -0.2) is 9.36 Å². The van der Waals surface area contributed by atoms with Gasteiger partial charge in [0.2, 0.25) is 0 Å². The first kappa shape index (κ1) is 23.0. The normalized spacial score (nSPS) is 11.4. The quantitative estimate of drug-likeness (QED) is 0.336. The fraction of sp³-hybridized carbons (Fsp3) is 0.333. The van der Waals surface area contributed by atoms with Crippen molar-refractivity contribution in [3.63, 3.8) is 0 Å². The number of rotatable bonds is 7. The lowest BCUT2D eigenvalue weighted by Crippen LogP contribution is -2.23. The number of nitrogens with zero attached hydrogens (tertiary/aromatic N) is 3. The Balaban J connectivity index is 1.73. The summed E-state index contributed by atoms with van der Waals surface area (Å²) < 4.78 is 8.15. The Morgan fingerprint density at radius 3 is 2.22 bits per heavy atom. The van der Waals surface area contributed by atoms with E-state index in [0.29, 0.717) is 42.2 Å². The van der Waals surface area contributed by atoms with Crippen LogP contribution in [0.1, 0.15) is 44.1 Å². The van der Waals surface area contributed by atoms with E-state index in [1.54, 1.807) is 31.2 Å². The summed E-state index contributed by atoms with van der Waals surface area (Å²) in [5, 5.41) is 11.9. The van der Waals surface area contributed by atoms with Gasteiger partial charge in [0.05, 0.1) is 18.0 Å². The van der Waals surface area contributed by atoms with Gasteiger partial charge in [-0.05, 0) is 60.7 Å². The molecule has 0 saturated heterocycles. The van der Waals surface area contributed by atoms with Gasteiger partial charge < -0.3 is 10.5 Å². The average molecular weight is 436 g/mol. The van der Waals surface area contributed by atoms with Gasteiger partial charge >= 0.3 is 11.7 Å². The number of hydrogen-bond donors (Lipinski definition) is 2. The van der Waals surface area contributed by atoms with Crippen LogP contribution in [0.15, 0.2) is 53.3 Å². The molecule has 8 nitrogen and oxygen atoms in total. The van der Waals surface area contributed by atoms with E-state index in [1.165, 1.54) is 9.25 Å². The van der Waals surface area contributed by atoms with Gasteiger partial charge in [0.25, 0.3) is 0 Å². The SMILES string of the molecule is Cc1nn(-c2ccc(C(=N)N)cc2)c(=O)n1-c1ccc(CCC(=O)OCC(C)(C)C)cc1. The van der Waals surface area contributed by atoms with E-state index in [4.69, 9.17) is 15.9 Å². The molecule has 3 aromatic rings. The van der Waals surface area contributed by atoms with E-state index in [0.717, 1.165) is 5.56 Å². The summed E-state index contributed by atoms with van der Waals surface area (Å²) in [6, 6.07) is 14.3. The van der Waals surface area contributed by atoms with Crippen LogP contribution in [-0.2, 0) is 16.0 Å². The molecule has 0 aliphatic carbocycles. The molecule has 32 heavy (non-hydrogen) atoms. The Hall–Kier alpha value is -3.68. The highest BCUT2D eigenvalue weighted by atomic mass is 16.5. The lowest BCUT2D eigenvalue weighted by molar-refractivity contribution is -0.146. The first-order valence-electron chi connectivity index (χ1n) is 10.4. The van der Waals surface area contributed by atoms with Crippen LogP contribution in [-0.4, -0.2) is 32.8 Å². The number of nitrogens with one attached hydrogen (secondary N) is 1. The molecule has 168 valence electrons. The van der Waals surface area contributed by atoms with Crippen LogP contribution in [0.2, 0.25) is 0 Å². The molecule has 0 atom stereocenters. The van der Waals surface area contributed by atoms with Crippen molar-refractivity contribution in [1.29, 1.82) is 5.41 Å². The number of benzene rings is 2. The van der Waals surface area contributed by atoms with Crippen molar-refractivity contribution in [3.05, 3.63) is 76.0 Å². The smallest absolute Gasteiger partial charge is 0.355 e. The minimum Gasteiger partial charge on any atom is -0.465 e. The number of aromatic nitrogens is 3. The summed E-state index contributed by atoms with van der Waals surface area (Å²) in [5.74, 6) is 0.297. The summed E-state index contributed by atoms with van der Waals surface area (Å²) in [4.78, 5) is 24.9. The Bertz CT molecular complexity index is 1170. The van der Waals surface area contributed by atoms with Gasteiger partial charge in [-0.3, -0.25) is 10.2 Å². The molecule has 2 aromatic carbocycles. The summed E-state index contributed by atoms with van der Waals surface area (Å²) in [6.45, 7) is 8.22. The van der Waals surface area contributed by atoms with Crippen molar-refractivity contribution >= 4 is 11.8 Å². The fourth-order valence-electron chi connectivity index (χ4n) is 3.14. The van der Waals surface area contributed by atoms with E-state index >= 15 is 0 Å². The molecule has 0 unspecified atom stereocenters. The second-order valence-electron chi connectivity index (χ2n) is 8.93. The zero-order valence-electron chi connectivity index (χ0n) is 18.9. The molecular weight excluding hydrogens is 406 g/mol. The zero-order valence-corrected chi connectivity index (χ0v) is 18.9. The molecule has 0 aliphatic heterocycles. The van der Waals surface area contributed by atoms with Crippen LogP contribution >= 0.6 is 0 Å². The molecule has 0 fully saturated rings. The van der Waals surface area contributed by atoms with E-state index in [1.807, 2.05) is 45.0 Å². The molecule has 0 bridgehead atoms. The molecule has 8 heteroatoms. The molecule has 0 aliphatic rings. The molecule has 1 heterocycles. The predicted molar refractivity (Wildman–Crippen MR) is 124 cm³/mol. The van der Waals surface area contributed by atoms with Crippen molar-refractivity contribution in [1.82, 2.24) is 14.3 Å². The van der Waals surface area contributed by atoms with Crippen molar-refractivity contribution in [3.8, 4) is 11.4 Å². The number of ether oxygens (including phenoxy) is 1. The maximum atomic E-state index is 13.0. The van der Waals surface area contributed by atoms with E-state index in [2.05, 4.69) is 5.10 Å². The number of nitrogens with two attached hydrogens (primary N) is 1. The molecule has 0 radical (unpaired) electrons. The second-order valence-corrected chi connectivity index (χ2v) is 8.93. The Morgan fingerprint density at radius 1 is 1.06 bits per heavy atom. The van der Waals surface area contributed by atoms with E-state index < -0.39 is 0 Å². The van der Waals surface area contributed by atoms with Gasteiger partial charge in [-0.15, -0.1) is 5.10 Å². The number of hydrogen-bond acceptors (Lipinski definition) is 5. The predicted octanol–water partition coefficient (Wildman–Crippen LogP) is 3.14. The van der Waals surface area contributed by atoms with Crippen molar-refractivity contribution in [2.45, 2.75) is 40.5 Å². The van der Waals surface area contributed by atoms with Crippen LogP contribution in [0.5, 0.6) is 0 Å². The van der Waals surface area contributed by atoms with Gasteiger partial charge in [-0.1, -0.05) is 32.9 Å². The molecular formula is C24H29N5O3. The monoisotopic (exact) mass is 435 g/mol. The van der Waals surface area contributed by atoms with E-state index in [-0.39, 0.29) is 22.9 Å². The van der Waals surface area contributed by atoms with Gasteiger partial charge in [0, 0.05) is 12.0 Å². The molecule has 0 spiro atoms. The standard InChI is InChI=1S/C24H29N5O3/c1-16-27-29(20-12-8-18(9-13-20)22(25)26)23(31)28(16)19-10-5-17(6-11-19)7-14-21(30)32-15-24(2,3)4/h5-6,8-13H,7,14-15H2,1-4H3,(H3,25,26). The summed E-state index contributed by atoms with van der Waals surface area (Å²) in [7, 11) is 0. The number of nitrogen functional groups attached to an aromatic ring is 1. The Kier molecular flexibility index (Phi) is 6.62. The average Bonchev–Trinajstić information content (AvgIpc) is 3.04. The molecule has 0 saturated carbocycles. The molecule has 0 amide bonds. The third-order valence-corrected chi connectivity index (χ3v) is 4.84. The third-order valence-electron chi connectivity index (χ3n) is 4.84. The zero-order chi connectivity index (χ0) is 23.5. The Morgan fingerprint density at radius 2 is 1.66 bits per heavy atom. The number of carbonyl (C=O) groups excluding carboxylic acids is 1. The summed E-state index contributed by atoms with van der Waals surface area (Å²) in [6.07, 6.45) is 0.876. The van der Waals surface area contributed by atoms with Crippen LogP contribution < -0.4 is 11.4 Å². The molecule has 3 N–H and O–H groups in total. The van der Waals surface area contributed by atoms with Crippen molar-refractivity contribution < 1.29 is 9.53 Å². The first-order valence-corrected chi connectivity index (χ1v) is 10.4. The lowest BCUT2D eigenvalue weighted by atomic mass is 9.99. The molecule has 3 rings (SSSR count). The van der Waals surface area contributed by atoms with Crippen LogP contribution in [0.3, 0.4) is 0 Å². The minimum absolute atomic E-state index is 0.0341. The lowest BCUT2D eigenvalue weighted by Gasteiger charge is -2.17. The minimum atomic E-state index is -0.295. The maximum Gasteiger partial charge on any atom is 0.355 e. The fourth-order valence-corrected chi connectivity index (χ4v) is 3.14. The number of amidine groups is 1. The van der Waals surface area contributed by atoms with Gasteiger partial charge in [-0.2, -0.15) is 4.68 Å². The highest BCUT2D eigenvalue weighted by Gasteiger charge is 2.15. The molecule has 1 aromatic heterocycles. The highest BCUT2D eigenvalue weighted by molar-refractivity contribution is 5.95.